The monoisotopic (exact) mass is 296 g/mol. The van der Waals surface area contributed by atoms with E-state index in [-0.39, 0.29) is 16.8 Å². The molecule has 2 aromatic heterocycles. The summed E-state index contributed by atoms with van der Waals surface area (Å²) in [5.74, 6) is -1.74. The van der Waals surface area contributed by atoms with Crippen LogP contribution in [0.3, 0.4) is 0 Å². The zero-order chi connectivity index (χ0) is 15.7. The van der Waals surface area contributed by atoms with Gasteiger partial charge in [0, 0.05) is 12.6 Å². The van der Waals surface area contributed by atoms with Gasteiger partial charge in [0.25, 0.3) is 0 Å². The lowest BCUT2D eigenvalue weighted by Crippen LogP contribution is -2.01. The fraction of sp³-hybridized carbons (Fsp3) is 0.0625. The first kappa shape index (κ1) is 13.8. The van der Waals surface area contributed by atoms with E-state index in [4.69, 9.17) is 5.11 Å². The Hall–Kier alpha value is -3.15. The normalized spacial score (nSPS) is 10.7. The van der Waals surface area contributed by atoms with Crippen LogP contribution in [0.1, 0.15) is 32.2 Å². The SMILES string of the molecule is O=C(O)c1ccn2c(Cc3ccccc3)nc(C(=O)O)c2c1. The summed E-state index contributed by atoms with van der Waals surface area (Å²) in [6.07, 6.45) is 2.00. The first-order chi connectivity index (χ1) is 10.6. The minimum atomic E-state index is -1.18. The molecule has 0 aliphatic rings. The van der Waals surface area contributed by atoms with Crippen LogP contribution >= 0.6 is 0 Å². The molecule has 0 fully saturated rings. The molecule has 3 rings (SSSR count). The Morgan fingerprint density at radius 2 is 1.77 bits per heavy atom. The standard InChI is InChI=1S/C16H12N2O4/c19-15(20)11-6-7-18-12(9-11)14(16(21)22)17-13(18)8-10-4-2-1-3-5-10/h1-7,9H,8H2,(H,19,20)(H,21,22). The maximum atomic E-state index is 11.3. The lowest BCUT2D eigenvalue weighted by Gasteiger charge is -2.02. The summed E-state index contributed by atoms with van der Waals surface area (Å²) in [5.41, 5.74) is 1.15. The van der Waals surface area contributed by atoms with Crippen molar-refractivity contribution in [1.29, 1.82) is 0 Å². The highest BCUT2D eigenvalue weighted by atomic mass is 16.4. The van der Waals surface area contributed by atoms with Crippen molar-refractivity contribution in [2.45, 2.75) is 6.42 Å². The smallest absolute Gasteiger partial charge is 0.356 e. The van der Waals surface area contributed by atoms with E-state index in [1.165, 1.54) is 18.3 Å². The number of aromatic nitrogens is 2. The fourth-order valence-corrected chi connectivity index (χ4v) is 2.34. The van der Waals surface area contributed by atoms with Crippen LogP contribution < -0.4 is 0 Å². The maximum absolute atomic E-state index is 11.3. The van der Waals surface area contributed by atoms with E-state index in [9.17, 15) is 14.7 Å². The summed E-state index contributed by atoms with van der Waals surface area (Å²) < 4.78 is 1.61. The zero-order valence-corrected chi connectivity index (χ0v) is 11.4. The number of pyridine rings is 1. The van der Waals surface area contributed by atoms with Crippen molar-refractivity contribution >= 4 is 17.5 Å². The van der Waals surface area contributed by atoms with E-state index < -0.39 is 11.9 Å². The van der Waals surface area contributed by atoms with Crippen molar-refractivity contribution in [2.75, 3.05) is 0 Å². The van der Waals surface area contributed by atoms with Gasteiger partial charge in [-0.05, 0) is 17.7 Å². The molecule has 0 aliphatic heterocycles. The molecule has 3 aromatic rings. The molecule has 0 amide bonds. The Bertz CT molecular complexity index is 868. The number of carboxylic acids is 2. The topological polar surface area (TPSA) is 91.9 Å². The van der Waals surface area contributed by atoms with Crippen LogP contribution in [0.25, 0.3) is 5.52 Å². The number of rotatable bonds is 4. The molecule has 0 saturated heterocycles. The van der Waals surface area contributed by atoms with E-state index in [2.05, 4.69) is 4.98 Å². The van der Waals surface area contributed by atoms with Gasteiger partial charge < -0.3 is 14.6 Å². The van der Waals surface area contributed by atoms with Gasteiger partial charge in [0.15, 0.2) is 5.69 Å². The fourth-order valence-electron chi connectivity index (χ4n) is 2.34. The number of imidazole rings is 1. The molecule has 0 atom stereocenters. The Morgan fingerprint density at radius 1 is 1.05 bits per heavy atom. The quantitative estimate of drug-likeness (QED) is 0.771. The summed E-state index contributed by atoms with van der Waals surface area (Å²) in [4.78, 5) is 26.5. The zero-order valence-electron chi connectivity index (χ0n) is 11.4. The van der Waals surface area contributed by atoms with Crippen LogP contribution in [-0.4, -0.2) is 31.5 Å². The van der Waals surface area contributed by atoms with Gasteiger partial charge in [0.1, 0.15) is 5.82 Å². The molecule has 0 saturated carbocycles. The second-order valence-corrected chi connectivity index (χ2v) is 4.82. The molecule has 0 aliphatic carbocycles. The number of hydrogen-bond acceptors (Lipinski definition) is 3. The van der Waals surface area contributed by atoms with Gasteiger partial charge in [0.05, 0.1) is 11.1 Å². The van der Waals surface area contributed by atoms with E-state index in [1.807, 2.05) is 30.3 Å². The van der Waals surface area contributed by atoms with Crippen molar-refractivity contribution in [3.05, 3.63) is 71.3 Å². The highest BCUT2D eigenvalue weighted by Gasteiger charge is 2.18. The number of carboxylic acid groups (broad SMARTS) is 2. The second kappa shape index (κ2) is 5.33. The lowest BCUT2D eigenvalue weighted by molar-refractivity contribution is 0.0682. The third-order valence-electron chi connectivity index (χ3n) is 3.37. The van der Waals surface area contributed by atoms with E-state index in [0.717, 1.165) is 5.56 Å². The van der Waals surface area contributed by atoms with Crippen molar-refractivity contribution in [3.8, 4) is 0 Å². The largest absolute Gasteiger partial charge is 0.478 e. The number of benzene rings is 1. The average molecular weight is 296 g/mol. The van der Waals surface area contributed by atoms with Gasteiger partial charge in [0.2, 0.25) is 0 Å². The first-order valence-corrected chi connectivity index (χ1v) is 6.58. The van der Waals surface area contributed by atoms with Crippen molar-refractivity contribution < 1.29 is 19.8 Å². The molecule has 6 heteroatoms. The molecule has 0 unspecified atom stereocenters. The van der Waals surface area contributed by atoms with Gasteiger partial charge >= 0.3 is 11.9 Å². The number of aromatic carboxylic acids is 2. The van der Waals surface area contributed by atoms with Gasteiger partial charge in [-0.2, -0.15) is 0 Å². The minimum absolute atomic E-state index is 0.0289. The molecule has 2 N–H and O–H groups in total. The molecule has 2 heterocycles. The lowest BCUT2D eigenvalue weighted by atomic mass is 10.1. The molecule has 110 valence electrons. The molecule has 0 radical (unpaired) electrons. The van der Waals surface area contributed by atoms with Crippen LogP contribution in [-0.2, 0) is 6.42 Å². The molecule has 0 spiro atoms. The average Bonchev–Trinajstić information content (AvgIpc) is 2.86. The summed E-state index contributed by atoms with van der Waals surface area (Å²) in [5, 5.41) is 18.3. The van der Waals surface area contributed by atoms with Gasteiger partial charge in [-0.25, -0.2) is 14.6 Å². The molecule has 6 nitrogen and oxygen atoms in total. The van der Waals surface area contributed by atoms with Crippen molar-refractivity contribution in [1.82, 2.24) is 9.38 Å². The highest BCUT2D eigenvalue weighted by molar-refractivity contribution is 5.96. The molecule has 22 heavy (non-hydrogen) atoms. The Labute approximate surface area is 125 Å². The number of hydrogen-bond donors (Lipinski definition) is 2. The first-order valence-electron chi connectivity index (χ1n) is 6.58. The molecular formula is C16H12N2O4. The number of fused-ring (bicyclic) bond motifs is 1. The summed E-state index contributed by atoms with van der Waals surface area (Å²) in [6, 6.07) is 12.3. The predicted octanol–water partition coefficient (Wildman–Crippen LogP) is 2.32. The Kier molecular flexibility index (Phi) is 3.34. The molecule has 0 bridgehead atoms. The van der Waals surface area contributed by atoms with Crippen LogP contribution in [0.15, 0.2) is 48.7 Å². The minimum Gasteiger partial charge on any atom is -0.478 e. The Balaban J connectivity index is 2.15. The highest BCUT2D eigenvalue weighted by Crippen LogP contribution is 2.18. The van der Waals surface area contributed by atoms with Crippen LogP contribution in [0, 0.1) is 0 Å². The van der Waals surface area contributed by atoms with E-state index in [1.54, 1.807) is 4.40 Å². The number of nitrogens with zero attached hydrogens (tertiary/aromatic N) is 2. The van der Waals surface area contributed by atoms with Crippen LogP contribution in [0.5, 0.6) is 0 Å². The number of carbonyl (C=O) groups is 2. The van der Waals surface area contributed by atoms with Crippen molar-refractivity contribution in [3.63, 3.8) is 0 Å². The summed E-state index contributed by atoms with van der Waals surface area (Å²) >= 11 is 0. The van der Waals surface area contributed by atoms with E-state index in [0.29, 0.717) is 12.2 Å². The summed E-state index contributed by atoms with van der Waals surface area (Å²) in [7, 11) is 0. The van der Waals surface area contributed by atoms with Crippen LogP contribution in [0.2, 0.25) is 0 Å². The van der Waals surface area contributed by atoms with Crippen molar-refractivity contribution in [2.24, 2.45) is 0 Å². The Morgan fingerprint density at radius 3 is 2.41 bits per heavy atom. The van der Waals surface area contributed by atoms with E-state index >= 15 is 0 Å². The van der Waals surface area contributed by atoms with Gasteiger partial charge in [-0.15, -0.1) is 0 Å². The van der Waals surface area contributed by atoms with Gasteiger partial charge in [-0.1, -0.05) is 30.3 Å². The third kappa shape index (κ3) is 2.42. The summed E-state index contributed by atoms with van der Waals surface area (Å²) in [6.45, 7) is 0. The third-order valence-corrected chi connectivity index (χ3v) is 3.37. The molecule has 1 aromatic carbocycles. The second-order valence-electron chi connectivity index (χ2n) is 4.82. The van der Waals surface area contributed by atoms with Crippen LogP contribution in [0.4, 0.5) is 0 Å². The molecular weight excluding hydrogens is 284 g/mol. The predicted molar refractivity (Wildman–Crippen MR) is 78.4 cm³/mol. The van der Waals surface area contributed by atoms with Gasteiger partial charge in [-0.3, -0.25) is 0 Å². The maximum Gasteiger partial charge on any atom is 0.356 e.